The summed E-state index contributed by atoms with van der Waals surface area (Å²) in [4.78, 5) is 37.9. The minimum Gasteiger partial charge on any atom is -0.543 e. The van der Waals surface area contributed by atoms with Crippen LogP contribution < -0.4 is 5.11 Å². The van der Waals surface area contributed by atoms with Gasteiger partial charge in [-0.2, -0.15) is 0 Å². The second kappa shape index (κ2) is 6.19. The fourth-order valence-corrected chi connectivity index (χ4v) is 4.68. The zero-order chi connectivity index (χ0) is 19.1. The van der Waals surface area contributed by atoms with Crippen molar-refractivity contribution in [3.63, 3.8) is 0 Å². The molecule has 2 aliphatic heterocycles. The molecule has 0 aliphatic carbocycles. The Morgan fingerprint density at radius 1 is 1.38 bits per heavy atom. The predicted octanol–water partition coefficient (Wildman–Crippen LogP) is -1.14. The highest BCUT2D eigenvalue weighted by molar-refractivity contribution is 7.92. The van der Waals surface area contributed by atoms with E-state index in [9.17, 15) is 33.2 Å². The number of nitrogens with zero attached hydrogens (tertiary/aromatic N) is 3. The number of aromatic nitrogens is 1. The molecule has 1 aromatic rings. The molecule has 10 nitrogen and oxygen atoms in total. The summed E-state index contributed by atoms with van der Waals surface area (Å²) in [7, 11) is -4.00. The van der Waals surface area contributed by atoms with E-state index in [2.05, 4.69) is 4.98 Å². The zero-order valence-electron chi connectivity index (χ0n) is 12.9. The Hall–Kier alpha value is -3.34. The maximum absolute atomic E-state index is 12.5. The lowest BCUT2D eigenvalue weighted by Crippen LogP contribution is -2.63. The third-order valence-corrected chi connectivity index (χ3v) is 5.65. The zero-order valence-corrected chi connectivity index (χ0v) is 13.8. The summed E-state index contributed by atoms with van der Waals surface area (Å²) in [5, 5.41) is 20.4. The number of rotatable bonds is 4. The number of carbonyl (C=O) groups is 2. The van der Waals surface area contributed by atoms with Crippen LogP contribution in [0.5, 0.6) is 0 Å². The number of carbonyl (C=O) groups excluding carboxylic acids is 2. The van der Waals surface area contributed by atoms with E-state index in [0.717, 1.165) is 6.08 Å². The monoisotopic (exact) mass is 376 g/mol. The van der Waals surface area contributed by atoms with Gasteiger partial charge in [-0.1, -0.05) is 6.07 Å². The Labute approximate surface area is 146 Å². The van der Waals surface area contributed by atoms with Gasteiger partial charge >= 0.3 is 0 Å². The van der Waals surface area contributed by atoms with Crippen molar-refractivity contribution >= 4 is 27.8 Å². The Balaban J connectivity index is 2.10. The van der Waals surface area contributed by atoms with Gasteiger partial charge in [0.2, 0.25) is 6.20 Å². The van der Waals surface area contributed by atoms with E-state index in [1.165, 1.54) is 12.3 Å². The second-order valence-electron chi connectivity index (χ2n) is 5.45. The Bertz CT molecular complexity index is 1010. The van der Waals surface area contributed by atoms with Crippen LogP contribution in [0.25, 0.3) is 6.08 Å². The number of fused-ring (bicyclic) bond motifs is 1. The molecular weight excluding hydrogens is 366 g/mol. The number of aliphatic carboxylic acids is 1. The molecular formula is C15H10N3O7S-. The van der Waals surface area contributed by atoms with Gasteiger partial charge in [-0.05, 0) is 23.8 Å². The van der Waals surface area contributed by atoms with Gasteiger partial charge in [0.1, 0.15) is 0 Å². The normalized spacial score (nSPS) is 23.1. The number of hydrogen-bond acceptors (Lipinski definition) is 8. The SMILES string of the molecule is O=C([O-])C1=C(/C=C/[N+](=O)[O-])CS(=O)(=O)C2/C(=C\c3ccccn3)C(=O)N12. The van der Waals surface area contributed by atoms with E-state index in [1.807, 2.05) is 0 Å². The Kier molecular flexibility index (Phi) is 4.16. The predicted molar refractivity (Wildman–Crippen MR) is 84.8 cm³/mol. The highest BCUT2D eigenvalue weighted by atomic mass is 32.2. The summed E-state index contributed by atoms with van der Waals surface area (Å²) < 4.78 is 25.0. The van der Waals surface area contributed by atoms with E-state index in [-0.39, 0.29) is 11.1 Å². The molecule has 0 N–H and O–H groups in total. The summed E-state index contributed by atoms with van der Waals surface area (Å²) in [6.07, 6.45) is 3.87. The molecule has 1 saturated heterocycles. The van der Waals surface area contributed by atoms with Gasteiger partial charge < -0.3 is 9.90 Å². The van der Waals surface area contributed by atoms with Gasteiger partial charge in [0.15, 0.2) is 15.2 Å². The lowest BCUT2D eigenvalue weighted by atomic mass is 10.0. The van der Waals surface area contributed by atoms with Gasteiger partial charge in [-0.25, -0.2) is 8.42 Å². The molecule has 0 aromatic carbocycles. The molecule has 26 heavy (non-hydrogen) atoms. The van der Waals surface area contributed by atoms with Crippen LogP contribution in [0.4, 0.5) is 0 Å². The van der Waals surface area contributed by atoms with E-state index in [0.29, 0.717) is 16.8 Å². The van der Waals surface area contributed by atoms with Crippen molar-refractivity contribution < 1.29 is 28.0 Å². The van der Waals surface area contributed by atoms with Gasteiger partial charge in [0.25, 0.3) is 5.91 Å². The van der Waals surface area contributed by atoms with Gasteiger partial charge in [0.05, 0.1) is 33.6 Å². The van der Waals surface area contributed by atoms with Crippen molar-refractivity contribution in [1.82, 2.24) is 9.88 Å². The lowest BCUT2D eigenvalue weighted by Gasteiger charge is -2.46. The average molecular weight is 376 g/mol. The number of β-lactam (4-membered cyclic amide) rings is 1. The van der Waals surface area contributed by atoms with Crippen LogP contribution in [-0.4, -0.2) is 46.2 Å². The minimum absolute atomic E-state index is 0.125. The highest BCUT2D eigenvalue weighted by Gasteiger charge is 2.55. The highest BCUT2D eigenvalue weighted by Crippen LogP contribution is 2.40. The number of hydrogen-bond donors (Lipinski definition) is 0. The topological polar surface area (TPSA) is 151 Å². The number of pyridine rings is 1. The van der Waals surface area contributed by atoms with Gasteiger partial charge in [0, 0.05) is 12.3 Å². The minimum atomic E-state index is -4.00. The maximum atomic E-state index is 12.5. The molecule has 3 rings (SSSR count). The molecule has 134 valence electrons. The van der Waals surface area contributed by atoms with Crippen LogP contribution in [0.2, 0.25) is 0 Å². The molecule has 1 amide bonds. The van der Waals surface area contributed by atoms with Crippen LogP contribution in [-0.2, 0) is 19.4 Å². The van der Waals surface area contributed by atoms with Crippen LogP contribution >= 0.6 is 0 Å². The average Bonchev–Trinajstić information content (AvgIpc) is 2.57. The van der Waals surface area contributed by atoms with E-state index >= 15 is 0 Å². The van der Waals surface area contributed by atoms with Crippen LogP contribution in [0.1, 0.15) is 5.69 Å². The summed E-state index contributed by atoms with van der Waals surface area (Å²) in [6, 6.07) is 4.83. The van der Waals surface area contributed by atoms with E-state index in [1.54, 1.807) is 18.2 Å². The van der Waals surface area contributed by atoms with Crippen LogP contribution in [0, 0.1) is 10.1 Å². The van der Waals surface area contributed by atoms with Gasteiger partial charge in [-0.3, -0.25) is 24.8 Å². The van der Waals surface area contributed by atoms with Crippen LogP contribution in [0.3, 0.4) is 0 Å². The fraction of sp³-hybridized carbons (Fsp3) is 0.133. The molecule has 2 aliphatic rings. The van der Waals surface area contributed by atoms with Crippen molar-refractivity contribution in [2.75, 3.05) is 5.75 Å². The molecule has 0 radical (unpaired) electrons. The summed E-state index contributed by atoms with van der Waals surface area (Å²) in [5.41, 5.74) is -0.863. The Morgan fingerprint density at radius 2 is 2.12 bits per heavy atom. The molecule has 0 spiro atoms. The van der Waals surface area contributed by atoms with Crippen molar-refractivity contribution in [1.29, 1.82) is 0 Å². The molecule has 3 heterocycles. The first kappa shape index (κ1) is 17.5. The first-order valence-corrected chi connectivity index (χ1v) is 8.88. The first-order chi connectivity index (χ1) is 12.2. The van der Waals surface area contributed by atoms with Crippen molar-refractivity contribution in [2.24, 2.45) is 0 Å². The number of allylic oxidation sites excluding steroid dienone is 1. The molecule has 1 fully saturated rings. The number of carboxylic acid groups (broad SMARTS) is 1. The summed E-state index contributed by atoms with van der Waals surface area (Å²) in [5.74, 6) is -3.40. The number of sulfone groups is 1. The second-order valence-corrected chi connectivity index (χ2v) is 7.51. The van der Waals surface area contributed by atoms with Crippen molar-refractivity contribution in [2.45, 2.75) is 5.37 Å². The number of nitro groups is 1. The fourth-order valence-electron chi connectivity index (χ4n) is 2.78. The lowest BCUT2D eigenvalue weighted by molar-refractivity contribution is -0.402. The standard InChI is InChI=1S/C15H11N3O7S/c19-13-11(7-10-3-1-2-5-16-10)14-18(13)12(15(20)21)9(4-6-17(22)23)8-26(14,24)25/h1-7,14H,8H2,(H,20,21)/p-1/b6-4+,11-7-. The molecule has 0 saturated carbocycles. The van der Waals surface area contributed by atoms with Gasteiger partial charge in [-0.15, -0.1) is 0 Å². The Morgan fingerprint density at radius 3 is 2.69 bits per heavy atom. The third-order valence-electron chi connectivity index (χ3n) is 3.79. The third kappa shape index (κ3) is 2.88. The largest absolute Gasteiger partial charge is 0.543 e. The van der Waals surface area contributed by atoms with E-state index in [4.69, 9.17) is 0 Å². The quantitative estimate of drug-likeness (QED) is 0.277. The maximum Gasteiger partial charge on any atom is 0.258 e. The first-order valence-electron chi connectivity index (χ1n) is 7.16. The molecule has 1 aromatic heterocycles. The summed E-state index contributed by atoms with van der Waals surface area (Å²) >= 11 is 0. The molecule has 11 heteroatoms. The molecule has 0 bridgehead atoms. The molecule has 1 atom stereocenters. The van der Waals surface area contributed by atoms with Crippen molar-refractivity contribution in [3.05, 3.63) is 69.3 Å². The van der Waals surface area contributed by atoms with Crippen molar-refractivity contribution in [3.8, 4) is 0 Å². The smallest absolute Gasteiger partial charge is 0.258 e. The number of carboxylic acids is 1. The van der Waals surface area contributed by atoms with E-state index < -0.39 is 43.5 Å². The summed E-state index contributed by atoms with van der Waals surface area (Å²) in [6.45, 7) is 0. The molecule has 1 unspecified atom stereocenters. The van der Waals surface area contributed by atoms with Crippen LogP contribution in [0.15, 0.2) is 53.5 Å². The number of amides is 1.